The molecule has 0 bridgehead atoms. The van der Waals surface area contributed by atoms with Gasteiger partial charge in [-0.05, 0) is 31.1 Å². The summed E-state index contributed by atoms with van der Waals surface area (Å²) in [5.41, 5.74) is 5.47. The van der Waals surface area contributed by atoms with Crippen LogP contribution in [0.1, 0.15) is 65.7 Å². The summed E-state index contributed by atoms with van der Waals surface area (Å²) >= 11 is 0. The van der Waals surface area contributed by atoms with Gasteiger partial charge in [-0.1, -0.05) is 46.5 Å². The van der Waals surface area contributed by atoms with Crippen LogP contribution in [0, 0.1) is 11.8 Å². The largest absolute Gasteiger partial charge is 0.368 e. The van der Waals surface area contributed by atoms with Gasteiger partial charge in [0, 0.05) is 6.04 Å². The molecule has 0 heterocycles. The lowest BCUT2D eigenvalue weighted by Gasteiger charge is -2.25. The zero-order valence-electron chi connectivity index (χ0n) is 12.2. The molecule has 18 heavy (non-hydrogen) atoms. The second-order valence-electron chi connectivity index (χ2n) is 6.15. The first-order valence-corrected chi connectivity index (χ1v) is 7.60. The van der Waals surface area contributed by atoms with Crippen LogP contribution in [-0.2, 0) is 4.79 Å². The summed E-state index contributed by atoms with van der Waals surface area (Å²) in [4.78, 5) is 11.4. The van der Waals surface area contributed by atoms with E-state index < -0.39 is 0 Å². The van der Waals surface area contributed by atoms with E-state index >= 15 is 0 Å². The van der Waals surface area contributed by atoms with Gasteiger partial charge in [0.2, 0.25) is 5.91 Å². The van der Waals surface area contributed by atoms with Crippen LogP contribution in [-0.4, -0.2) is 18.0 Å². The summed E-state index contributed by atoms with van der Waals surface area (Å²) in [6.07, 6.45) is 8.97. The molecule has 3 nitrogen and oxygen atoms in total. The van der Waals surface area contributed by atoms with Crippen molar-refractivity contribution in [2.24, 2.45) is 17.6 Å². The molecule has 3 heteroatoms. The zero-order valence-corrected chi connectivity index (χ0v) is 12.2. The number of carbonyl (C=O) groups is 1. The van der Waals surface area contributed by atoms with Gasteiger partial charge in [0.1, 0.15) is 0 Å². The normalized spacial score (nSPS) is 26.9. The van der Waals surface area contributed by atoms with E-state index in [-0.39, 0.29) is 17.9 Å². The molecule has 0 aromatic rings. The smallest absolute Gasteiger partial charge is 0.234 e. The molecular weight excluding hydrogens is 224 g/mol. The minimum Gasteiger partial charge on any atom is -0.368 e. The van der Waals surface area contributed by atoms with E-state index in [0.717, 1.165) is 5.92 Å². The minimum atomic E-state index is -0.209. The van der Waals surface area contributed by atoms with Gasteiger partial charge in [-0.3, -0.25) is 4.79 Å². The van der Waals surface area contributed by atoms with Crippen LogP contribution in [0.3, 0.4) is 0 Å². The number of carbonyl (C=O) groups excluding carboxylic acids is 1. The topological polar surface area (TPSA) is 55.1 Å². The highest BCUT2D eigenvalue weighted by molar-refractivity contribution is 5.80. The van der Waals surface area contributed by atoms with Crippen molar-refractivity contribution in [3.05, 3.63) is 0 Å². The Kier molecular flexibility index (Phi) is 6.69. The fraction of sp³-hybridized carbons (Fsp3) is 0.933. The quantitative estimate of drug-likeness (QED) is 0.716. The Balaban J connectivity index is 2.45. The van der Waals surface area contributed by atoms with Crippen molar-refractivity contribution in [1.82, 2.24) is 5.32 Å². The van der Waals surface area contributed by atoms with Gasteiger partial charge in [0.15, 0.2) is 0 Å². The van der Waals surface area contributed by atoms with Crippen molar-refractivity contribution < 1.29 is 4.79 Å². The second kappa shape index (κ2) is 7.78. The third-order valence-electron chi connectivity index (χ3n) is 4.17. The molecule has 0 saturated heterocycles. The molecule has 0 spiro atoms. The van der Waals surface area contributed by atoms with Gasteiger partial charge < -0.3 is 11.1 Å². The number of hydrogen-bond acceptors (Lipinski definition) is 2. The second-order valence-corrected chi connectivity index (χ2v) is 6.15. The average Bonchev–Trinajstić information content (AvgIpc) is 2.51. The maximum absolute atomic E-state index is 11.4. The van der Waals surface area contributed by atoms with Gasteiger partial charge in [0.05, 0.1) is 6.04 Å². The minimum absolute atomic E-state index is 0.169. The molecule has 1 fully saturated rings. The van der Waals surface area contributed by atoms with Crippen molar-refractivity contribution in [3.8, 4) is 0 Å². The van der Waals surface area contributed by atoms with Gasteiger partial charge >= 0.3 is 0 Å². The molecule has 0 aliphatic heterocycles. The van der Waals surface area contributed by atoms with E-state index in [1.807, 2.05) is 0 Å². The Morgan fingerprint density at radius 1 is 1.28 bits per heavy atom. The number of rotatable bonds is 6. The van der Waals surface area contributed by atoms with Gasteiger partial charge in [-0.2, -0.15) is 0 Å². The number of nitrogens with one attached hydrogen (secondary N) is 1. The molecular formula is C15H30N2O. The predicted octanol–water partition coefficient (Wildman–Crippen LogP) is 2.83. The SMILES string of the molecule is CCCC1CCCC(NC(C(N)=O)C(C)C)CC1. The Morgan fingerprint density at radius 2 is 2.00 bits per heavy atom. The molecule has 3 N–H and O–H groups in total. The first-order valence-electron chi connectivity index (χ1n) is 7.60. The van der Waals surface area contributed by atoms with E-state index in [9.17, 15) is 4.79 Å². The van der Waals surface area contributed by atoms with Crippen LogP contribution in [0.5, 0.6) is 0 Å². The summed E-state index contributed by atoms with van der Waals surface area (Å²) in [5, 5.41) is 3.48. The molecule has 0 radical (unpaired) electrons. The molecule has 0 aromatic heterocycles. The molecule has 1 aliphatic rings. The third kappa shape index (κ3) is 4.97. The first kappa shape index (κ1) is 15.5. The van der Waals surface area contributed by atoms with Crippen LogP contribution in [0.25, 0.3) is 0 Å². The highest BCUT2D eigenvalue weighted by Crippen LogP contribution is 2.27. The summed E-state index contributed by atoms with van der Waals surface area (Å²) in [6.45, 7) is 6.38. The fourth-order valence-corrected chi connectivity index (χ4v) is 3.10. The Morgan fingerprint density at radius 3 is 2.56 bits per heavy atom. The van der Waals surface area contributed by atoms with Crippen molar-refractivity contribution in [1.29, 1.82) is 0 Å². The number of primary amides is 1. The van der Waals surface area contributed by atoms with E-state index in [1.54, 1.807) is 0 Å². The molecule has 1 rings (SSSR count). The highest BCUT2D eigenvalue weighted by Gasteiger charge is 2.25. The Bertz CT molecular complexity index is 253. The summed E-state index contributed by atoms with van der Waals surface area (Å²) in [6, 6.07) is 0.310. The Labute approximate surface area is 112 Å². The van der Waals surface area contributed by atoms with Crippen molar-refractivity contribution in [3.63, 3.8) is 0 Å². The van der Waals surface area contributed by atoms with Crippen LogP contribution in [0.15, 0.2) is 0 Å². The molecule has 3 unspecified atom stereocenters. The molecule has 106 valence electrons. The van der Waals surface area contributed by atoms with Gasteiger partial charge in [-0.15, -0.1) is 0 Å². The van der Waals surface area contributed by atoms with Crippen molar-refractivity contribution in [2.45, 2.75) is 77.8 Å². The molecule has 1 amide bonds. The monoisotopic (exact) mass is 254 g/mol. The lowest BCUT2D eigenvalue weighted by atomic mass is 9.95. The summed E-state index contributed by atoms with van der Waals surface area (Å²) in [7, 11) is 0. The van der Waals surface area contributed by atoms with Gasteiger partial charge in [-0.25, -0.2) is 0 Å². The molecule has 3 atom stereocenters. The summed E-state index contributed by atoms with van der Waals surface area (Å²) < 4.78 is 0. The third-order valence-corrected chi connectivity index (χ3v) is 4.17. The van der Waals surface area contributed by atoms with E-state index in [0.29, 0.717) is 6.04 Å². The molecule has 1 saturated carbocycles. The molecule has 0 aromatic carbocycles. The van der Waals surface area contributed by atoms with Crippen LogP contribution < -0.4 is 11.1 Å². The maximum Gasteiger partial charge on any atom is 0.234 e. The van der Waals surface area contributed by atoms with E-state index in [1.165, 1.54) is 44.9 Å². The molecule has 1 aliphatic carbocycles. The number of hydrogen-bond donors (Lipinski definition) is 2. The summed E-state index contributed by atoms with van der Waals surface area (Å²) in [5.74, 6) is 0.962. The van der Waals surface area contributed by atoms with E-state index in [4.69, 9.17) is 5.73 Å². The first-order chi connectivity index (χ1) is 8.54. The van der Waals surface area contributed by atoms with Crippen LogP contribution in [0.4, 0.5) is 0 Å². The predicted molar refractivity (Wildman–Crippen MR) is 76.2 cm³/mol. The highest BCUT2D eigenvalue weighted by atomic mass is 16.1. The van der Waals surface area contributed by atoms with E-state index in [2.05, 4.69) is 26.1 Å². The van der Waals surface area contributed by atoms with Crippen LogP contribution in [0.2, 0.25) is 0 Å². The Hall–Kier alpha value is -0.570. The lowest BCUT2D eigenvalue weighted by molar-refractivity contribution is -0.121. The maximum atomic E-state index is 11.4. The standard InChI is InChI=1S/C15H30N2O/c1-4-6-12-7-5-8-13(10-9-12)17-14(11(2)3)15(16)18/h11-14,17H,4-10H2,1-3H3,(H2,16,18). The average molecular weight is 254 g/mol. The van der Waals surface area contributed by atoms with Crippen LogP contribution >= 0.6 is 0 Å². The fourth-order valence-electron chi connectivity index (χ4n) is 3.10. The number of amides is 1. The zero-order chi connectivity index (χ0) is 13.5. The van der Waals surface area contributed by atoms with Crippen molar-refractivity contribution >= 4 is 5.91 Å². The number of nitrogens with two attached hydrogens (primary N) is 1. The lowest BCUT2D eigenvalue weighted by Crippen LogP contribution is -2.49. The van der Waals surface area contributed by atoms with Gasteiger partial charge in [0.25, 0.3) is 0 Å². The van der Waals surface area contributed by atoms with Crippen molar-refractivity contribution in [2.75, 3.05) is 0 Å².